The van der Waals surface area contributed by atoms with Gasteiger partial charge in [0.1, 0.15) is 0 Å². The lowest BCUT2D eigenvalue weighted by molar-refractivity contribution is 0.0281. The number of benzene rings is 1. The Bertz CT molecular complexity index is 209. The first-order valence-corrected chi connectivity index (χ1v) is 3.09. The first kappa shape index (κ1) is 8.19. The Morgan fingerprint density at radius 3 is 2.55 bits per heavy atom. The van der Waals surface area contributed by atoms with Crippen LogP contribution < -0.4 is 11.2 Å². The predicted octanol–water partition coefficient (Wildman–Crippen LogP) is -0.220. The molecule has 0 spiro atoms. The van der Waals surface area contributed by atoms with Crippen LogP contribution in [0.15, 0.2) is 30.3 Å². The summed E-state index contributed by atoms with van der Waals surface area (Å²) in [5, 5.41) is 9.00. The number of nitrogens with one attached hydrogen (secondary N) is 1. The van der Waals surface area contributed by atoms with Gasteiger partial charge < -0.3 is 5.02 Å². The van der Waals surface area contributed by atoms with Gasteiger partial charge in [0.2, 0.25) is 0 Å². The monoisotopic (exact) mass is 155 g/mol. The Kier molecular flexibility index (Phi) is 3.03. The molecule has 0 aliphatic carbocycles. The standard InChI is InChI=1S/C6H7BFNO2/c8-9-11-7(10)6-4-2-1-3-5-6/h1-5,9-10H. The van der Waals surface area contributed by atoms with E-state index in [1.165, 1.54) is 0 Å². The summed E-state index contributed by atoms with van der Waals surface area (Å²) in [6, 6.07) is 8.49. The average molecular weight is 155 g/mol. The summed E-state index contributed by atoms with van der Waals surface area (Å²) in [5.41, 5.74) is 1.41. The molecule has 0 aliphatic heterocycles. The van der Waals surface area contributed by atoms with Crippen LogP contribution in [0.2, 0.25) is 0 Å². The molecule has 11 heavy (non-hydrogen) atoms. The molecule has 0 saturated carbocycles. The fraction of sp³-hybridized carbons (Fsp3) is 0. The minimum Gasteiger partial charge on any atom is -0.422 e. The lowest BCUT2D eigenvalue weighted by Crippen LogP contribution is -2.36. The Morgan fingerprint density at radius 2 is 2.00 bits per heavy atom. The SMILES string of the molecule is OB(ONF)c1ccccc1. The maximum absolute atomic E-state index is 11.3. The quantitative estimate of drug-likeness (QED) is 0.360. The van der Waals surface area contributed by atoms with E-state index in [0.717, 1.165) is 5.70 Å². The number of rotatable bonds is 3. The number of hydrogen-bond acceptors (Lipinski definition) is 3. The van der Waals surface area contributed by atoms with Crippen molar-refractivity contribution in [3.8, 4) is 0 Å². The van der Waals surface area contributed by atoms with E-state index in [1.54, 1.807) is 30.3 Å². The molecule has 3 nitrogen and oxygen atoms in total. The lowest BCUT2D eigenvalue weighted by Gasteiger charge is -2.02. The summed E-state index contributed by atoms with van der Waals surface area (Å²) in [5.74, 6) is 0. The second-order valence-electron chi connectivity index (χ2n) is 1.96. The van der Waals surface area contributed by atoms with E-state index >= 15 is 0 Å². The highest BCUT2D eigenvalue weighted by molar-refractivity contribution is 6.59. The zero-order valence-corrected chi connectivity index (χ0v) is 5.70. The van der Waals surface area contributed by atoms with E-state index in [-0.39, 0.29) is 0 Å². The molecule has 0 unspecified atom stereocenters. The van der Waals surface area contributed by atoms with Crippen LogP contribution in [-0.4, -0.2) is 12.1 Å². The zero-order chi connectivity index (χ0) is 8.10. The normalized spacial score (nSPS) is 9.64. The van der Waals surface area contributed by atoms with Gasteiger partial charge in [0.15, 0.2) is 0 Å². The van der Waals surface area contributed by atoms with E-state index in [4.69, 9.17) is 5.02 Å². The minimum absolute atomic E-state index is 0.498. The van der Waals surface area contributed by atoms with Crippen molar-refractivity contribution in [1.82, 2.24) is 5.70 Å². The Labute approximate surface area is 63.8 Å². The second-order valence-corrected chi connectivity index (χ2v) is 1.96. The summed E-state index contributed by atoms with van der Waals surface area (Å²) < 4.78 is 15.4. The highest BCUT2D eigenvalue weighted by Crippen LogP contribution is 1.85. The van der Waals surface area contributed by atoms with Crippen molar-refractivity contribution >= 4 is 12.6 Å². The molecule has 5 heteroatoms. The third kappa shape index (κ3) is 2.30. The Morgan fingerprint density at radius 1 is 1.36 bits per heavy atom. The van der Waals surface area contributed by atoms with E-state index < -0.39 is 7.12 Å². The van der Waals surface area contributed by atoms with Crippen molar-refractivity contribution in [2.24, 2.45) is 0 Å². The molecule has 0 heterocycles. The van der Waals surface area contributed by atoms with Crippen molar-refractivity contribution in [1.29, 1.82) is 0 Å². The van der Waals surface area contributed by atoms with Crippen molar-refractivity contribution in [2.75, 3.05) is 0 Å². The minimum atomic E-state index is -1.26. The molecule has 0 saturated heterocycles. The average Bonchev–Trinajstić information content (AvgIpc) is 2.07. The molecular formula is C6H7BFNO2. The summed E-state index contributed by atoms with van der Waals surface area (Å²) >= 11 is 0. The van der Waals surface area contributed by atoms with Crippen LogP contribution in [-0.2, 0) is 4.76 Å². The summed E-state index contributed by atoms with van der Waals surface area (Å²) in [7, 11) is -1.26. The second kappa shape index (κ2) is 4.07. The van der Waals surface area contributed by atoms with Crippen LogP contribution in [0.1, 0.15) is 0 Å². The van der Waals surface area contributed by atoms with Crippen LogP contribution in [0.3, 0.4) is 0 Å². The number of halogens is 1. The van der Waals surface area contributed by atoms with E-state index in [0.29, 0.717) is 5.46 Å². The molecule has 0 amide bonds. The van der Waals surface area contributed by atoms with Gasteiger partial charge in [-0.2, -0.15) is 0 Å². The molecule has 0 bridgehead atoms. The molecule has 0 aliphatic rings. The first-order chi connectivity index (χ1) is 5.34. The lowest BCUT2D eigenvalue weighted by atomic mass is 9.80. The molecule has 0 fully saturated rings. The maximum atomic E-state index is 11.3. The van der Waals surface area contributed by atoms with Gasteiger partial charge in [0, 0.05) is 0 Å². The fourth-order valence-corrected chi connectivity index (χ4v) is 0.728. The van der Waals surface area contributed by atoms with Crippen LogP contribution in [0.25, 0.3) is 0 Å². The fourth-order valence-electron chi connectivity index (χ4n) is 0.728. The summed E-state index contributed by atoms with van der Waals surface area (Å²) in [6.45, 7) is 0. The smallest absolute Gasteiger partial charge is 0.422 e. The van der Waals surface area contributed by atoms with Crippen LogP contribution in [0.5, 0.6) is 0 Å². The largest absolute Gasteiger partial charge is 0.510 e. The zero-order valence-electron chi connectivity index (χ0n) is 5.70. The van der Waals surface area contributed by atoms with Crippen LogP contribution >= 0.6 is 0 Å². The van der Waals surface area contributed by atoms with Gasteiger partial charge in [0.05, 0.1) is 0 Å². The van der Waals surface area contributed by atoms with Gasteiger partial charge in [-0.25, -0.2) is 0 Å². The van der Waals surface area contributed by atoms with Crippen LogP contribution in [0.4, 0.5) is 4.48 Å². The van der Waals surface area contributed by atoms with E-state index in [9.17, 15) is 4.48 Å². The maximum Gasteiger partial charge on any atom is 0.510 e. The van der Waals surface area contributed by atoms with Crippen molar-refractivity contribution in [3.05, 3.63) is 30.3 Å². The molecule has 0 atom stereocenters. The highest BCUT2D eigenvalue weighted by Gasteiger charge is 2.15. The van der Waals surface area contributed by atoms with Gasteiger partial charge >= 0.3 is 7.12 Å². The van der Waals surface area contributed by atoms with Gasteiger partial charge in [-0.05, 0) is 11.2 Å². The highest BCUT2D eigenvalue weighted by atomic mass is 19.2. The Balaban J connectivity index is 2.61. The molecule has 0 aromatic heterocycles. The van der Waals surface area contributed by atoms with Gasteiger partial charge in [0.25, 0.3) is 0 Å². The molecule has 1 aromatic rings. The molecule has 0 radical (unpaired) electrons. The Hall–Kier alpha value is -0.905. The molecule has 1 rings (SSSR count). The van der Waals surface area contributed by atoms with Crippen molar-refractivity contribution in [2.45, 2.75) is 0 Å². The van der Waals surface area contributed by atoms with E-state index in [1.807, 2.05) is 0 Å². The molecule has 2 N–H and O–H groups in total. The van der Waals surface area contributed by atoms with E-state index in [2.05, 4.69) is 4.76 Å². The van der Waals surface area contributed by atoms with Crippen LogP contribution in [0, 0.1) is 0 Å². The number of hydrogen-bond donors (Lipinski definition) is 2. The molecular weight excluding hydrogens is 148 g/mol. The summed E-state index contributed by atoms with van der Waals surface area (Å²) in [4.78, 5) is 0. The third-order valence-electron chi connectivity index (χ3n) is 1.24. The predicted molar refractivity (Wildman–Crippen MR) is 39.4 cm³/mol. The summed E-state index contributed by atoms with van der Waals surface area (Å²) in [6.07, 6.45) is 0. The molecule has 1 aromatic carbocycles. The topological polar surface area (TPSA) is 41.5 Å². The first-order valence-electron chi connectivity index (χ1n) is 3.09. The van der Waals surface area contributed by atoms with Crippen molar-refractivity contribution in [3.63, 3.8) is 0 Å². The van der Waals surface area contributed by atoms with Gasteiger partial charge in [-0.15, -0.1) is 4.48 Å². The van der Waals surface area contributed by atoms with Gasteiger partial charge in [-0.3, -0.25) is 4.76 Å². The third-order valence-corrected chi connectivity index (χ3v) is 1.24. The van der Waals surface area contributed by atoms with Crippen molar-refractivity contribution < 1.29 is 14.3 Å². The molecule has 58 valence electrons. The van der Waals surface area contributed by atoms with Gasteiger partial charge in [-0.1, -0.05) is 30.3 Å².